The first-order chi connectivity index (χ1) is 8.16. The van der Waals surface area contributed by atoms with Crippen LogP contribution in [0.15, 0.2) is 30.3 Å². The van der Waals surface area contributed by atoms with Crippen LogP contribution >= 0.6 is 0 Å². The normalized spacial score (nSPS) is 22.8. The molecule has 1 aromatic carbocycles. The van der Waals surface area contributed by atoms with E-state index in [0.29, 0.717) is 0 Å². The summed E-state index contributed by atoms with van der Waals surface area (Å²) in [6.07, 6.45) is 6.90. The van der Waals surface area contributed by atoms with Crippen LogP contribution in [0.2, 0.25) is 0 Å². The van der Waals surface area contributed by atoms with Crippen molar-refractivity contribution in [2.24, 2.45) is 5.92 Å². The first kappa shape index (κ1) is 12.6. The van der Waals surface area contributed by atoms with Crippen molar-refractivity contribution in [3.05, 3.63) is 35.9 Å². The Morgan fingerprint density at radius 2 is 1.88 bits per heavy atom. The number of aryl methyl sites for hydroxylation is 1. The second kappa shape index (κ2) is 5.68. The van der Waals surface area contributed by atoms with Gasteiger partial charge >= 0.3 is 0 Å². The van der Waals surface area contributed by atoms with Crippen LogP contribution in [0.1, 0.15) is 31.2 Å². The summed E-state index contributed by atoms with van der Waals surface area (Å²) >= 11 is 0. The van der Waals surface area contributed by atoms with Gasteiger partial charge in [0.15, 0.2) is 0 Å². The molecular formula is C16H26N+. The Morgan fingerprint density at radius 3 is 2.53 bits per heavy atom. The lowest BCUT2D eigenvalue weighted by molar-refractivity contribution is -0.879. The van der Waals surface area contributed by atoms with Crippen LogP contribution in [0.25, 0.3) is 0 Å². The number of benzene rings is 1. The lowest BCUT2D eigenvalue weighted by Crippen LogP contribution is -2.36. The van der Waals surface area contributed by atoms with E-state index in [1.165, 1.54) is 55.2 Å². The summed E-state index contributed by atoms with van der Waals surface area (Å²) in [4.78, 5) is 0. The molecule has 2 rings (SSSR count). The van der Waals surface area contributed by atoms with Gasteiger partial charge in [0.1, 0.15) is 0 Å². The number of nitrogens with zero attached hydrogens (tertiary/aromatic N) is 1. The largest absolute Gasteiger partial charge is 0.328 e. The summed E-state index contributed by atoms with van der Waals surface area (Å²) < 4.78 is 1.24. The van der Waals surface area contributed by atoms with E-state index in [2.05, 4.69) is 44.4 Å². The molecule has 0 aliphatic carbocycles. The average molecular weight is 232 g/mol. The molecule has 1 nitrogen and oxygen atoms in total. The van der Waals surface area contributed by atoms with Gasteiger partial charge in [0.05, 0.1) is 27.2 Å². The lowest BCUT2D eigenvalue weighted by atomic mass is 9.99. The lowest BCUT2D eigenvalue weighted by Gasteiger charge is -2.23. The maximum absolute atomic E-state index is 2.37. The molecule has 1 aliphatic rings. The fourth-order valence-corrected chi connectivity index (χ4v) is 3.06. The van der Waals surface area contributed by atoms with Gasteiger partial charge in [-0.15, -0.1) is 0 Å². The zero-order valence-electron chi connectivity index (χ0n) is 11.4. The van der Waals surface area contributed by atoms with E-state index >= 15 is 0 Å². The highest BCUT2D eigenvalue weighted by Gasteiger charge is 2.29. The van der Waals surface area contributed by atoms with Crippen molar-refractivity contribution >= 4 is 0 Å². The summed E-state index contributed by atoms with van der Waals surface area (Å²) in [5.41, 5.74) is 1.50. The van der Waals surface area contributed by atoms with Gasteiger partial charge in [0.25, 0.3) is 0 Å². The van der Waals surface area contributed by atoms with Crippen molar-refractivity contribution in [3.63, 3.8) is 0 Å². The van der Waals surface area contributed by atoms with E-state index in [1.807, 2.05) is 0 Å². The summed E-state index contributed by atoms with van der Waals surface area (Å²) in [6, 6.07) is 10.9. The summed E-state index contributed by atoms with van der Waals surface area (Å²) in [5.74, 6) is 0.987. The molecule has 0 saturated carbocycles. The third-order valence-corrected chi connectivity index (χ3v) is 4.07. The Kier molecular flexibility index (Phi) is 4.22. The van der Waals surface area contributed by atoms with Crippen molar-refractivity contribution in [1.82, 2.24) is 0 Å². The molecule has 0 amide bonds. The highest BCUT2D eigenvalue weighted by Crippen LogP contribution is 2.25. The second-order valence-corrected chi connectivity index (χ2v) is 6.23. The monoisotopic (exact) mass is 232 g/mol. The van der Waals surface area contributed by atoms with Crippen molar-refractivity contribution in [2.45, 2.75) is 32.1 Å². The highest BCUT2D eigenvalue weighted by atomic mass is 15.3. The Morgan fingerprint density at radius 1 is 1.12 bits per heavy atom. The average Bonchev–Trinajstić information content (AvgIpc) is 2.66. The molecule has 1 atom stereocenters. The van der Waals surface area contributed by atoms with Gasteiger partial charge in [-0.1, -0.05) is 36.8 Å². The molecule has 17 heavy (non-hydrogen) atoms. The number of hydrogen-bond acceptors (Lipinski definition) is 0. The first-order valence-electron chi connectivity index (χ1n) is 7.02. The number of quaternary nitrogens is 1. The van der Waals surface area contributed by atoms with Crippen molar-refractivity contribution in [1.29, 1.82) is 0 Å². The quantitative estimate of drug-likeness (QED) is 0.538. The Hall–Kier alpha value is -0.820. The standard InChI is InChI=1S/C16H26N/c1-17(2)13-12-16(14-17)11-7-6-10-15-8-4-3-5-9-15/h3-5,8-9,16H,6-7,10-14H2,1-2H3/q+1. The molecule has 1 unspecified atom stereocenters. The topological polar surface area (TPSA) is 0 Å². The Bertz CT molecular complexity index is 329. The molecule has 94 valence electrons. The van der Waals surface area contributed by atoms with E-state index in [4.69, 9.17) is 0 Å². The molecule has 0 aromatic heterocycles. The fourth-order valence-electron chi connectivity index (χ4n) is 3.06. The van der Waals surface area contributed by atoms with E-state index < -0.39 is 0 Å². The van der Waals surface area contributed by atoms with Crippen LogP contribution in [-0.4, -0.2) is 31.7 Å². The maximum atomic E-state index is 2.37. The van der Waals surface area contributed by atoms with Gasteiger partial charge in [0.2, 0.25) is 0 Å². The third-order valence-electron chi connectivity index (χ3n) is 4.07. The number of likely N-dealkylation sites (tertiary alicyclic amines) is 1. The second-order valence-electron chi connectivity index (χ2n) is 6.23. The number of unbranched alkanes of at least 4 members (excludes halogenated alkanes) is 1. The van der Waals surface area contributed by atoms with Gasteiger partial charge in [0, 0.05) is 12.3 Å². The smallest absolute Gasteiger partial charge is 0.0813 e. The molecule has 0 bridgehead atoms. The molecule has 1 saturated heterocycles. The van der Waals surface area contributed by atoms with Crippen molar-refractivity contribution in [3.8, 4) is 0 Å². The molecule has 0 N–H and O–H groups in total. The molecule has 0 radical (unpaired) electrons. The minimum atomic E-state index is 0.987. The van der Waals surface area contributed by atoms with Crippen molar-refractivity contribution < 1.29 is 4.48 Å². The fraction of sp³-hybridized carbons (Fsp3) is 0.625. The van der Waals surface area contributed by atoms with E-state index in [-0.39, 0.29) is 0 Å². The van der Waals surface area contributed by atoms with Crippen LogP contribution in [0.4, 0.5) is 0 Å². The van der Waals surface area contributed by atoms with Gasteiger partial charge in [-0.25, -0.2) is 0 Å². The van der Waals surface area contributed by atoms with Crippen LogP contribution in [0.5, 0.6) is 0 Å². The van der Waals surface area contributed by atoms with E-state index in [9.17, 15) is 0 Å². The molecule has 1 heterocycles. The van der Waals surface area contributed by atoms with Crippen LogP contribution in [0.3, 0.4) is 0 Å². The van der Waals surface area contributed by atoms with Gasteiger partial charge in [-0.05, 0) is 24.8 Å². The molecule has 1 aliphatic heterocycles. The Balaban J connectivity index is 1.61. The zero-order valence-corrected chi connectivity index (χ0v) is 11.4. The van der Waals surface area contributed by atoms with Gasteiger partial charge in [-0.2, -0.15) is 0 Å². The number of rotatable bonds is 5. The first-order valence-corrected chi connectivity index (χ1v) is 7.02. The molecule has 1 fully saturated rings. The summed E-state index contributed by atoms with van der Waals surface area (Å²) in [5, 5.41) is 0. The van der Waals surface area contributed by atoms with Gasteiger partial charge < -0.3 is 4.48 Å². The Labute approximate surface area is 106 Å². The van der Waals surface area contributed by atoms with Gasteiger partial charge in [-0.3, -0.25) is 0 Å². The third kappa shape index (κ3) is 4.16. The molecule has 0 spiro atoms. The van der Waals surface area contributed by atoms with E-state index in [1.54, 1.807) is 0 Å². The molecule has 1 heteroatoms. The molecular weight excluding hydrogens is 206 g/mol. The maximum Gasteiger partial charge on any atom is 0.0813 e. The predicted molar refractivity (Wildman–Crippen MR) is 73.9 cm³/mol. The highest BCUT2D eigenvalue weighted by molar-refractivity contribution is 5.14. The predicted octanol–water partition coefficient (Wildman–Crippen LogP) is 3.50. The zero-order chi connectivity index (χ0) is 12.1. The van der Waals surface area contributed by atoms with Crippen LogP contribution in [-0.2, 0) is 6.42 Å². The summed E-state index contributed by atoms with van der Waals surface area (Å²) in [7, 11) is 4.73. The summed E-state index contributed by atoms with van der Waals surface area (Å²) in [6.45, 7) is 2.77. The van der Waals surface area contributed by atoms with Crippen LogP contribution in [0, 0.1) is 5.92 Å². The minimum absolute atomic E-state index is 0.987. The number of hydrogen-bond donors (Lipinski definition) is 0. The van der Waals surface area contributed by atoms with Crippen molar-refractivity contribution in [2.75, 3.05) is 27.2 Å². The van der Waals surface area contributed by atoms with E-state index in [0.717, 1.165) is 5.92 Å². The molecule has 1 aromatic rings. The van der Waals surface area contributed by atoms with Crippen LogP contribution < -0.4 is 0 Å². The minimum Gasteiger partial charge on any atom is -0.328 e. The SMILES string of the molecule is C[N+]1(C)CCC(CCCCc2ccccc2)C1.